The second kappa shape index (κ2) is 10.4. The van der Waals surface area contributed by atoms with Gasteiger partial charge in [-0.3, -0.25) is 14.4 Å². The smallest absolute Gasteiger partial charge is 0.239 e. The first-order valence-electron chi connectivity index (χ1n) is 12.9. The van der Waals surface area contributed by atoms with E-state index < -0.39 is 17.4 Å². The highest BCUT2D eigenvalue weighted by molar-refractivity contribution is 6.31. The Balaban J connectivity index is 1.58. The van der Waals surface area contributed by atoms with E-state index in [2.05, 4.69) is 29.2 Å². The van der Waals surface area contributed by atoms with Crippen LogP contribution in [0.2, 0.25) is 10.0 Å². The van der Waals surface area contributed by atoms with Crippen molar-refractivity contribution in [1.29, 1.82) is 0 Å². The average molecular weight is 556 g/mol. The first-order valence-corrected chi connectivity index (χ1v) is 13.7. The summed E-state index contributed by atoms with van der Waals surface area (Å²) in [5, 5.41) is 7.14. The van der Waals surface area contributed by atoms with E-state index >= 15 is 0 Å². The number of hydrogen-bond donors (Lipinski definition) is 2. The molecule has 1 spiro atoms. The van der Waals surface area contributed by atoms with Gasteiger partial charge in [-0.2, -0.15) is 0 Å². The van der Waals surface area contributed by atoms with Crippen LogP contribution in [0, 0.1) is 0 Å². The average Bonchev–Trinajstić information content (AvgIpc) is 3.13. The third-order valence-electron chi connectivity index (χ3n) is 8.16. The Labute approximate surface area is 233 Å². The maximum absolute atomic E-state index is 14.1. The van der Waals surface area contributed by atoms with E-state index in [0.717, 1.165) is 37.1 Å². The molecule has 3 amide bonds. The molecule has 0 radical (unpaired) electrons. The summed E-state index contributed by atoms with van der Waals surface area (Å²) in [6, 6.07) is 11.9. The number of likely N-dealkylation sites (tertiary alicyclic amines) is 2. The van der Waals surface area contributed by atoms with Crippen LogP contribution in [-0.2, 0) is 19.8 Å². The molecule has 5 rings (SSSR count). The SMILES string of the molecule is C=C(C)C1N(CC(=O)NC2CCN(C)CC2)C(=O)CC(c2cccc(Cl)c2)C12C(=O)Nc1cc(Cl)ccc12. The number of carbonyl (C=O) groups excluding carboxylic acids is 3. The molecule has 2 aromatic rings. The van der Waals surface area contributed by atoms with Crippen molar-refractivity contribution in [1.82, 2.24) is 15.1 Å². The number of hydrogen-bond acceptors (Lipinski definition) is 4. The largest absolute Gasteiger partial charge is 0.352 e. The van der Waals surface area contributed by atoms with Gasteiger partial charge in [0.15, 0.2) is 0 Å². The van der Waals surface area contributed by atoms with Crippen molar-refractivity contribution in [2.45, 2.75) is 49.6 Å². The molecule has 3 unspecified atom stereocenters. The highest BCUT2D eigenvalue weighted by Crippen LogP contribution is 2.56. The predicted octanol–water partition coefficient (Wildman–Crippen LogP) is 4.35. The maximum Gasteiger partial charge on any atom is 0.239 e. The first kappa shape index (κ1) is 26.7. The molecular weight excluding hydrogens is 523 g/mol. The second-order valence-electron chi connectivity index (χ2n) is 10.7. The molecule has 0 aromatic heterocycles. The van der Waals surface area contributed by atoms with Crippen LogP contribution in [0.5, 0.6) is 0 Å². The maximum atomic E-state index is 14.1. The summed E-state index contributed by atoms with van der Waals surface area (Å²) in [6.45, 7) is 7.70. The van der Waals surface area contributed by atoms with Crippen LogP contribution < -0.4 is 10.6 Å². The van der Waals surface area contributed by atoms with E-state index in [-0.39, 0.29) is 36.7 Å². The lowest BCUT2D eigenvalue weighted by molar-refractivity contribution is -0.147. The van der Waals surface area contributed by atoms with E-state index in [0.29, 0.717) is 21.3 Å². The molecule has 2 aromatic carbocycles. The zero-order chi connectivity index (χ0) is 27.2. The Morgan fingerprint density at radius 2 is 1.84 bits per heavy atom. The van der Waals surface area contributed by atoms with Gasteiger partial charge in [-0.15, -0.1) is 0 Å². The Hall–Kier alpha value is -2.87. The molecule has 3 heterocycles. The molecule has 3 aliphatic rings. The molecule has 3 atom stereocenters. The molecule has 2 fully saturated rings. The molecule has 0 bridgehead atoms. The van der Waals surface area contributed by atoms with E-state index in [9.17, 15) is 14.4 Å². The van der Waals surface area contributed by atoms with Crippen LogP contribution in [0.1, 0.15) is 43.2 Å². The van der Waals surface area contributed by atoms with E-state index in [4.69, 9.17) is 23.2 Å². The van der Waals surface area contributed by atoms with Crippen LogP contribution in [0.3, 0.4) is 0 Å². The van der Waals surface area contributed by atoms with Crippen molar-refractivity contribution in [2.75, 3.05) is 32.0 Å². The van der Waals surface area contributed by atoms with Gasteiger partial charge < -0.3 is 20.4 Å². The molecule has 200 valence electrons. The summed E-state index contributed by atoms with van der Waals surface area (Å²) in [4.78, 5) is 44.9. The fourth-order valence-electron chi connectivity index (χ4n) is 6.50. The van der Waals surface area contributed by atoms with Crippen LogP contribution in [0.15, 0.2) is 54.6 Å². The quantitative estimate of drug-likeness (QED) is 0.538. The second-order valence-corrected chi connectivity index (χ2v) is 11.6. The van der Waals surface area contributed by atoms with Gasteiger partial charge in [0.1, 0.15) is 12.0 Å². The Bertz CT molecular complexity index is 1310. The number of piperidine rings is 2. The van der Waals surface area contributed by atoms with E-state index in [1.54, 1.807) is 24.3 Å². The number of carbonyl (C=O) groups is 3. The predicted molar refractivity (Wildman–Crippen MR) is 150 cm³/mol. The number of amides is 3. The highest BCUT2D eigenvalue weighted by Gasteiger charge is 2.63. The third kappa shape index (κ3) is 4.61. The van der Waals surface area contributed by atoms with Crippen molar-refractivity contribution in [3.63, 3.8) is 0 Å². The van der Waals surface area contributed by atoms with Gasteiger partial charge in [-0.1, -0.05) is 53.6 Å². The number of nitrogens with zero attached hydrogens (tertiary/aromatic N) is 2. The topological polar surface area (TPSA) is 81.8 Å². The molecule has 9 heteroatoms. The fraction of sp³-hybridized carbons (Fsp3) is 0.414. The number of halogens is 2. The molecule has 0 aliphatic carbocycles. The first-order chi connectivity index (χ1) is 18.1. The van der Waals surface area contributed by atoms with Crippen molar-refractivity contribution < 1.29 is 14.4 Å². The molecule has 7 nitrogen and oxygen atoms in total. The molecule has 2 N–H and O–H groups in total. The standard InChI is InChI=1S/C29H32Cl2N4O3/c1-17(2)27-29(22-8-7-20(31)14-24(22)33-28(29)38)23(18-5-4-6-19(30)13-18)15-26(37)35(27)16-25(36)32-21-9-11-34(3)12-10-21/h4-8,13-14,21,23,27H,1,9-12,15-16H2,2-3H3,(H,32,36)(H,33,38). The van der Waals surface area contributed by atoms with E-state index in [1.807, 2.05) is 25.1 Å². The van der Waals surface area contributed by atoms with Gasteiger partial charge in [0.2, 0.25) is 17.7 Å². The third-order valence-corrected chi connectivity index (χ3v) is 8.63. The molecule has 0 saturated carbocycles. The monoisotopic (exact) mass is 554 g/mol. The van der Waals surface area contributed by atoms with Crippen molar-refractivity contribution in [3.8, 4) is 0 Å². The number of rotatable bonds is 5. The molecule has 38 heavy (non-hydrogen) atoms. The summed E-state index contributed by atoms with van der Waals surface area (Å²) < 4.78 is 0. The van der Waals surface area contributed by atoms with Crippen LogP contribution in [-0.4, -0.2) is 66.3 Å². The van der Waals surface area contributed by atoms with Crippen LogP contribution in [0.25, 0.3) is 0 Å². The van der Waals surface area contributed by atoms with Crippen molar-refractivity contribution >= 4 is 46.6 Å². The number of nitrogens with one attached hydrogen (secondary N) is 2. The zero-order valence-electron chi connectivity index (χ0n) is 21.6. The fourth-order valence-corrected chi connectivity index (χ4v) is 6.87. The molecule has 3 aliphatic heterocycles. The lowest BCUT2D eigenvalue weighted by Crippen LogP contribution is -2.65. The van der Waals surface area contributed by atoms with Gasteiger partial charge >= 0.3 is 0 Å². The van der Waals surface area contributed by atoms with Crippen molar-refractivity contribution in [2.24, 2.45) is 0 Å². The molecular formula is C29H32Cl2N4O3. The Kier molecular flexibility index (Phi) is 7.29. The van der Waals surface area contributed by atoms with E-state index in [1.165, 1.54) is 4.90 Å². The number of anilines is 1. The zero-order valence-corrected chi connectivity index (χ0v) is 23.1. The lowest BCUT2D eigenvalue weighted by atomic mass is 9.58. The minimum atomic E-state index is -1.21. The van der Waals surface area contributed by atoms with Gasteiger partial charge in [0.05, 0.1) is 6.04 Å². The summed E-state index contributed by atoms with van der Waals surface area (Å²) in [6.07, 6.45) is 1.76. The minimum absolute atomic E-state index is 0.0428. The summed E-state index contributed by atoms with van der Waals surface area (Å²) in [5.41, 5.74) is 1.53. The Morgan fingerprint density at radius 1 is 1.13 bits per heavy atom. The number of fused-ring (bicyclic) bond motifs is 2. The van der Waals surface area contributed by atoms with Gasteiger partial charge in [0, 0.05) is 34.1 Å². The normalized spacial score (nSPS) is 25.8. The number of benzene rings is 2. The summed E-state index contributed by atoms with van der Waals surface area (Å²) >= 11 is 12.7. The van der Waals surface area contributed by atoms with Gasteiger partial charge in [0.25, 0.3) is 0 Å². The van der Waals surface area contributed by atoms with Gasteiger partial charge in [-0.05, 0) is 75.3 Å². The van der Waals surface area contributed by atoms with Crippen LogP contribution >= 0.6 is 23.2 Å². The summed E-state index contributed by atoms with van der Waals surface area (Å²) in [5.74, 6) is -1.21. The lowest BCUT2D eigenvalue weighted by Gasteiger charge is -2.51. The highest BCUT2D eigenvalue weighted by atomic mass is 35.5. The Morgan fingerprint density at radius 3 is 2.53 bits per heavy atom. The molecule has 2 saturated heterocycles. The van der Waals surface area contributed by atoms with Crippen LogP contribution in [0.4, 0.5) is 5.69 Å². The van der Waals surface area contributed by atoms with Gasteiger partial charge in [-0.25, -0.2) is 0 Å². The minimum Gasteiger partial charge on any atom is -0.352 e. The summed E-state index contributed by atoms with van der Waals surface area (Å²) in [7, 11) is 2.06. The van der Waals surface area contributed by atoms with Crippen molar-refractivity contribution in [3.05, 3.63) is 75.8 Å².